The lowest BCUT2D eigenvalue weighted by atomic mass is 10.1. The number of carbonyl (C=O) groups excluding carboxylic acids is 1. The van der Waals surface area contributed by atoms with Crippen molar-refractivity contribution in [3.8, 4) is 0 Å². The topological polar surface area (TPSA) is 57.6 Å². The predicted molar refractivity (Wildman–Crippen MR) is 69.4 cm³/mol. The lowest BCUT2D eigenvalue weighted by Crippen LogP contribution is -2.31. The van der Waals surface area contributed by atoms with E-state index in [2.05, 4.69) is 0 Å². The molecule has 108 valence electrons. The molecule has 0 radical (unpaired) electrons. The van der Waals surface area contributed by atoms with Crippen molar-refractivity contribution in [3.63, 3.8) is 0 Å². The number of carbonyl (C=O) groups is 2. The highest BCUT2D eigenvalue weighted by molar-refractivity contribution is 8.00. The highest BCUT2D eigenvalue weighted by atomic mass is 32.2. The largest absolute Gasteiger partial charge is 0.481 e. The van der Waals surface area contributed by atoms with Crippen LogP contribution in [0.4, 0.5) is 8.78 Å². The number of carboxylic acids is 1. The van der Waals surface area contributed by atoms with Gasteiger partial charge < -0.3 is 10.0 Å². The molecule has 0 bridgehead atoms. The number of rotatable bonds is 4. The Morgan fingerprint density at radius 3 is 2.75 bits per heavy atom. The highest BCUT2D eigenvalue weighted by Crippen LogP contribution is 2.24. The minimum atomic E-state index is -0.905. The third-order valence-electron chi connectivity index (χ3n) is 3.14. The Morgan fingerprint density at radius 2 is 2.15 bits per heavy atom. The molecule has 0 aromatic heterocycles. The lowest BCUT2D eigenvalue weighted by molar-refractivity contribution is -0.141. The van der Waals surface area contributed by atoms with E-state index in [0.717, 1.165) is 23.9 Å². The second-order valence-corrected chi connectivity index (χ2v) is 5.54. The van der Waals surface area contributed by atoms with Crippen molar-refractivity contribution < 1.29 is 23.5 Å². The van der Waals surface area contributed by atoms with Gasteiger partial charge in [-0.2, -0.15) is 0 Å². The molecule has 1 aliphatic heterocycles. The molecule has 1 N–H and O–H groups in total. The van der Waals surface area contributed by atoms with Gasteiger partial charge in [0.15, 0.2) is 0 Å². The average molecular weight is 301 g/mol. The maximum Gasteiger partial charge on any atom is 0.308 e. The van der Waals surface area contributed by atoms with E-state index in [1.807, 2.05) is 0 Å². The van der Waals surface area contributed by atoms with Gasteiger partial charge in [0.2, 0.25) is 5.91 Å². The van der Waals surface area contributed by atoms with E-state index in [1.165, 1.54) is 11.0 Å². The van der Waals surface area contributed by atoms with Crippen LogP contribution in [0.1, 0.15) is 6.42 Å². The minimum Gasteiger partial charge on any atom is -0.481 e. The number of aliphatic carboxylic acids is 1. The fraction of sp³-hybridized carbons (Fsp3) is 0.385. The second kappa shape index (κ2) is 6.21. The van der Waals surface area contributed by atoms with E-state index in [9.17, 15) is 18.4 Å². The number of benzene rings is 1. The summed E-state index contributed by atoms with van der Waals surface area (Å²) >= 11 is 0.980. The number of nitrogens with zero attached hydrogens (tertiary/aromatic N) is 1. The van der Waals surface area contributed by atoms with Crippen LogP contribution in [0.5, 0.6) is 0 Å². The monoisotopic (exact) mass is 301 g/mol. The van der Waals surface area contributed by atoms with Gasteiger partial charge in [-0.05, 0) is 18.6 Å². The molecular formula is C13H13F2NO3S. The predicted octanol–water partition coefficient (Wildman–Crippen LogP) is 1.99. The third kappa shape index (κ3) is 3.47. The van der Waals surface area contributed by atoms with Crippen molar-refractivity contribution in [2.24, 2.45) is 5.92 Å². The zero-order chi connectivity index (χ0) is 14.7. The molecule has 7 heteroatoms. The summed E-state index contributed by atoms with van der Waals surface area (Å²) in [4.78, 5) is 24.3. The van der Waals surface area contributed by atoms with Gasteiger partial charge in [-0.3, -0.25) is 9.59 Å². The first-order valence-corrected chi connectivity index (χ1v) is 7.04. The maximum absolute atomic E-state index is 13.4. The number of thioether (sulfide) groups is 1. The standard InChI is InChI=1S/C13H13F2NO3S/c14-9-1-2-11(10(15)5-9)20-7-12(17)16-4-3-8(6-16)13(18)19/h1-2,5,8H,3-4,6-7H2,(H,18,19). The molecule has 0 spiro atoms. The zero-order valence-electron chi connectivity index (χ0n) is 10.5. The van der Waals surface area contributed by atoms with E-state index in [1.54, 1.807) is 0 Å². The van der Waals surface area contributed by atoms with Crippen molar-refractivity contribution >= 4 is 23.6 Å². The van der Waals surface area contributed by atoms with Gasteiger partial charge in [0.1, 0.15) is 11.6 Å². The first-order chi connectivity index (χ1) is 9.47. The fourth-order valence-electron chi connectivity index (χ4n) is 2.01. The molecule has 1 amide bonds. The molecule has 0 aliphatic carbocycles. The lowest BCUT2D eigenvalue weighted by Gasteiger charge is -2.15. The first-order valence-electron chi connectivity index (χ1n) is 6.06. The van der Waals surface area contributed by atoms with Crippen LogP contribution in [0.3, 0.4) is 0 Å². The average Bonchev–Trinajstić information content (AvgIpc) is 2.87. The smallest absolute Gasteiger partial charge is 0.308 e. The van der Waals surface area contributed by atoms with Crippen molar-refractivity contribution in [2.45, 2.75) is 11.3 Å². The van der Waals surface area contributed by atoms with E-state index in [0.29, 0.717) is 13.0 Å². The quantitative estimate of drug-likeness (QED) is 0.864. The number of hydrogen-bond acceptors (Lipinski definition) is 3. The van der Waals surface area contributed by atoms with Crippen LogP contribution in [0.25, 0.3) is 0 Å². The van der Waals surface area contributed by atoms with Gasteiger partial charge in [0.05, 0.1) is 11.7 Å². The van der Waals surface area contributed by atoms with Crippen LogP contribution in [-0.4, -0.2) is 40.7 Å². The number of likely N-dealkylation sites (tertiary alicyclic amines) is 1. The molecule has 4 nitrogen and oxygen atoms in total. The van der Waals surface area contributed by atoms with Crippen molar-refractivity contribution in [2.75, 3.05) is 18.8 Å². The number of amides is 1. The van der Waals surface area contributed by atoms with Crippen LogP contribution >= 0.6 is 11.8 Å². The normalized spacial score (nSPS) is 18.3. The molecule has 20 heavy (non-hydrogen) atoms. The summed E-state index contributed by atoms with van der Waals surface area (Å²) in [6.07, 6.45) is 0.441. The highest BCUT2D eigenvalue weighted by Gasteiger charge is 2.30. The molecule has 1 aliphatic rings. The van der Waals surface area contributed by atoms with Gasteiger partial charge in [-0.25, -0.2) is 8.78 Å². The van der Waals surface area contributed by atoms with E-state index < -0.39 is 23.5 Å². The van der Waals surface area contributed by atoms with Crippen LogP contribution in [0, 0.1) is 17.6 Å². The summed E-state index contributed by atoms with van der Waals surface area (Å²) in [5.74, 6) is -3.02. The van der Waals surface area contributed by atoms with Crippen LogP contribution in [0.2, 0.25) is 0 Å². The van der Waals surface area contributed by atoms with Gasteiger partial charge in [0, 0.05) is 24.1 Å². The summed E-state index contributed by atoms with van der Waals surface area (Å²) in [6, 6.07) is 3.18. The molecule has 1 aromatic rings. The van der Waals surface area contributed by atoms with Gasteiger partial charge in [-0.15, -0.1) is 11.8 Å². The fourth-order valence-corrected chi connectivity index (χ4v) is 2.83. The maximum atomic E-state index is 13.4. The second-order valence-electron chi connectivity index (χ2n) is 4.53. The van der Waals surface area contributed by atoms with Crippen LogP contribution in [0.15, 0.2) is 23.1 Å². The number of halogens is 2. The van der Waals surface area contributed by atoms with Crippen LogP contribution < -0.4 is 0 Å². The number of carboxylic acid groups (broad SMARTS) is 1. The molecule has 0 saturated carbocycles. The molecule has 1 aromatic carbocycles. The molecule has 2 rings (SSSR count). The van der Waals surface area contributed by atoms with Crippen molar-refractivity contribution in [1.29, 1.82) is 0 Å². The third-order valence-corrected chi connectivity index (χ3v) is 4.17. The summed E-state index contributed by atoms with van der Waals surface area (Å²) in [6.45, 7) is 0.600. The Kier molecular flexibility index (Phi) is 4.59. The molecule has 1 fully saturated rings. The molecule has 1 atom stereocenters. The molecule has 1 saturated heterocycles. The Bertz CT molecular complexity index is 538. The van der Waals surface area contributed by atoms with Gasteiger partial charge >= 0.3 is 5.97 Å². The summed E-state index contributed by atoms with van der Waals surface area (Å²) in [5, 5.41) is 8.85. The van der Waals surface area contributed by atoms with E-state index in [-0.39, 0.29) is 23.1 Å². The van der Waals surface area contributed by atoms with Crippen LogP contribution in [-0.2, 0) is 9.59 Å². The van der Waals surface area contributed by atoms with E-state index in [4.69, 9.17) is 5.11 Å². The summed E-state index contributed by atoms with van der Waals surface area (Å²) < 4.78 is 26.1. The van der Waals surface area contributed by atoms with Gasteiger partial charge in [0.25, 0.3) is 0 Å². The summed E-state index contributed by atoms with van der Waals surface area (Å²) in [7, 11) is 0. The summed E-state index contributed by atoms with van der Waals surface area (Å²) in [5.41, 5.74) is 0. The first kappa shape index (κ1) is 14.8. The van der Waals surface area contributed by atoms with E-state index >= 15 is 0 Å². The minimum absolute atomic E-state index is 0.00882. The van der Waals surface area contributed by atoms with Crippen molar-refractivity contribution in [1.82, 2.24) is 4.90 Å². The Hall–Kier alpha value is -1.63. The number of hydrogen-bond donors (Lipinski definition) is 1. The molecule has 1 heterocycles. The van der Waals surface area contributed by atoms with Crippen molar-refractivity contribution in [3.05, 3.63) is 29.8 Å². The Morgan fingerprint density at radius 1 is 1.40 bits per heavy atom. The SMILES string of the molecule is O=C(O)C1CCN(C(=O)CSc2ccc(F)cc2F)C1. The molecular weight excluding hydrogens is 288 g/mol. The molecule has 1 unspecified atom stereocenters. The van der Waals surface area contributed by atoms with Gasteiger partial charge in [-0.1, -0.05) is 0 Å². The Balaban J connectivity index is 1.88. The Labute approximate surface area is 118 Å². The zero-order valence-corrected chi connectivity index (χ0v) is 11.3.